The third-order valence-corrected chi connectivity index (χ3v) is 6.43. The number of methoxy groups -OCH3 is 1. The number of allylic oxidation sites excluding steroid dienone is 1. The molecule has 1 aliphatic rings. The van der Waals surface area contributed by atoms with Gasteiger partial charge in [-0.05, 0) is 59.6 Å². The van der Waals surface area contributed by atoms with Gasteiger partial charge in [0.25, 0.3) is 5.56 Å². The number of thiazole rings is 1. The normalized spacial score (nSPS) is 16.1. The molecule has 0 radical (unpaired) electrons. The van der Waals surface area contributed by atoms with Crippen LogP contribution in [0.5, 0.6) is 5.75 Å². The van der Waals surface area contributed by atoms with E-state index >= 15 is 0 Å². The number of nitrogens with zero attached hydrogens (tertiary/aromatic N) is 2. The van der Waals surface area contributed by atoms with E-state index in [1.54, 1.807) is 51.5 Å². The lowest BCUT2D eigenvalue weighted by molar-refractivity contribution is -0.139. The fourth-order valence-corrected chi connectivity index (χ4v) is 5.05. The minimum atomic E-state index is -0.684. The number of carbonyl (C=O) groups excluding carboxylic acids is 1. The lowest BCUT2D eigenvalue weighted by Gasteiger charge is -2.25. The zero-order valence-electron chi connectivity index (χ0n) is 17.0. The Morgan fingerprint density at radius 2 is 2.19 bits per heavy atom. The Balaban J connectivity index is 1.97. The highest BCUT2D eigenvalue weighted by Gasteiger charge is 2.33. The van der Waals surface area contributed by atoms with Crippen LogP contribution in [0.3, 0.4) is 0 Å². The van der Waals surface area contributed by atoms with Crippen molar-refractivity contribution in [2.45, 2.75) is 19.9 Å². The summed E-state index contributed by atoms with van der Waals surface area (Å²) >= 11 is 4.74. The molecule has 3 aromatic rings. The monoisotopic (exact) mass is 502 g/mol. The quantitative estimate of drug-likeness (QED) is 0.500. The predicted molar refractivity (Wildman–Crippen MR) is 120 cm³/mol. The summed E-state index contributed by atoms with van der Waals surface area (Å²) in [6.45, 7) is 3.71. The van der Waals surface area contributed by atoms with Crippen LogP contribution in [0.1, 0.15) is 31.2 Å². The Morgan fingerprint density at radius 3 is 2.84 bits per heavy atom. The number of furan rings is 1. The summed E-state index contributed by atoms with van der Waals surface area (Å²) in [5.41, 5.74) is 1.32. The number of ether oxygens (including phenoxy) is 2. The summed E-state index contributed by atoms with van der Waals surface area (Å²) in [5, 5.41) is 0. The third-order valence-electron chi connectivity index (χ3n) is 4.83. The number of hydrogen-bond acceptors (Lipinski definition) is 7. The molecule has 1 aliphatic heterocycles. The van der Waals surface area contributed by atoms with E-state index in [-0.39, 0.29) is 12.2 Å². The highest BCUT2D eigenvalue weighted by atomic mass is 79.9. The van der Waals surface area contributed by atoms with E-state index in [4.69, 9.17) is 13.9 Å². The summed E-state index contributed by atoms with van der Waals surface area (Å²) < 4.78 is 18.7. The van der Waals surface area contributed by atoms with Crippen LogP contribution < -0.4 is 19.6 Å². The van der Waals surface area contributed by atoms with Crippen molar-refractivity contribution in [2.75, 3.05) is 13.7 Å². The summed E-state index contributed by atoms with van der Waals surface area (Å²) in [5.74, 6) is 0.712. The maximum atomic E-state index is 13.4. The summed E-state index contributed by atoms with van der Waals surface area (Å²) in [7, 11) is 1.57. The summed E-state index contributed by atoms with van der Waals surface area (Å²) in [6, 6.07) is 8.29. The molecule has 0 N–H and O–H groups in total. The van der Waals surface area contributed by atoms with E-state index in [9.17, 15) is 9.59 Å². The van der Waals surface area contributed by atoms with Gasteiger partial charge in [0.15, 0.2) is 4.80 Å². The minimum absolute atomic E-state index is 0.220. The highest BCUT2D eigenvalue weighted by molar-refractivity contribution is 9.10. The zero-order chi connectivity index (χ0) is 22.1. The molecule has 9 heteroatoms. The number of hydrogen-bond donors (Lipinski definition) is 0. The van der Waals surface area contributed by atoms with Crippen LogP contribution in [-0.4, -0.2) is 24.3 Å². The Morgan fingerprint density at radius 1 is 1.39 bits per heavy atom. The standard InChI is InChI=1S/C22H19BrN2O5S/c1-4-29-21(27)18-12(2)24-22-25(19(18)13-7-8-16(28-3)15(23)10-13)20(26)17(31-22)11-14-6-5-9-30-14/h5-11,19H,4H2,1-3H3/b17-11+/t19-/m0/s1. The molecule has 0 saturated heterocycles. The van der Waals surface area contributed by atoms with Crippen molar-refractivity contribution in [1.29, 1.82) is 0 Å². The highest BCUT2D eigenvalue weighted by Crippen LogP contribution is 2.34. The van der Waals surface area contributed by atoms with Gasteiger partial charge in [-0.2, -0.15) is 0 Å². The zero-order valence-corrected chi connectivity index (χ0v) is 19.5. The van der Waals surface area contributed by atoms with Crippen molar-refractivity contribution in [3.8, 4) is 5.75 Å². The molecule has 3 heterocycles. The van der Waals surface area contributed by atoms with Gasteiger partial charge in [-0.25, -0.2) is 9.79 Å². The van der Waals surface area contributed by atoms with Crippen LogP contribution in [0.15, 0.2) is 66.5 Å². The number of esters is 1. The number of halogens is 1. The van der Waals surface area contributed by atoms with E-state index in [0.717, 1.165) is 5.56 Å². The first-order valence-corrected chi connectivity index (χ1v) is 11.1. The number of aromatic nitrogens is 1. The molecular formula is C22H19BrN2O5S. The third kappa shape index (κ3) is 3.90. The maximum Gasteiger partial charge on any atom is 0.338 e. The first-order chi connectivity index (χ1) is 14.9. The van der Waals surface area contributed by atoms with Gasteiger partial charge in [-0.15, -0.1) is 0 Å². The average Bonchev–Trinajstić information content (AvgIpc) is 3.35. The molecule has 0 aliphatic carbocycles. The van der Waals surface area contributed by atoms with Crippen molar-refractivity contribution < 1.29 is 18.7 Å². The Kier molecular flexibility index (Phi) is 5.97. The van der Waals surface area contributed by atoms with Gasteiger partial charge in [0, 0.05) is 6.08 Å². The van der Waals surface area contributed by atoms with Crippen LogP contribution in [0.2, 0.25) is 0 Å². The van der Waals surface area contributed by atoms with Gasteiger partial charge in [-0.1, -0.05) is 17.4 Å². The number of fused-ring (bicyclic) bond motifs is 1. The van der Waals surface area contributed by atoms with Gasteiger partial charge in [-0.3, -0.25) is 9.36 Å². The van der Waals surface area contributed by atoms with Crippen molar-refractivity contribution in [1.82, 2.24) is 4.57 Å². The van der Waals surface area contributed by atoms with Crippen LogP contribution in [0, 0.1) is 0 Å². The van der Waals surface area contributed by atoms with E-state index in [2.05, 4.69) is 20.9 Å². The van der Waals surface area contributed by atoms with Crippen LogP contribution in [-0.2, 0) is 9.53 Å². The SMILES string of the molecule is CCOC(=O)C1=C(C)N=c2s/c(=C/c3ccco3)c(=O)n2[C@H]1c1ccc(OC)c(Br)c1. The topological polar surface area (TPSA) is 83.0 Å². The molecule has 31 heavy (non-hydrogen) atoms. The smallest absolute Gasteiger partial charge is 0.338 e. The second-order valence-electron chi connectivity index (χ2n) is 6.71. The average molecular weight is 503 g/mol. The lowest BCUT2D eigenvalue weighted by atomic mass is 9.96. The second-order valence-corrected chi connectivity index (χ2v) is 8.58. The molecule has 1 atom stereocenters. The molecule has 0 bridgehead atoms. The Bertz CT molecular complexity index is 1350. The maximum absolute atomic E-state index is 13.4. The van der Waals surface area contributed by atoms with Crippen LogP contribution in [0.4, 0.5) is 0 Å². The second kappa shape index (κ2) is 8.68. The molecule has 160 valence electrons. The molecule has 0 fully saturated rings. The molecule has 0 spiro atoms. The molecule has 4 rings (SSSR count). The van der Waals surface area contributed by atoms with Gasteiger partial charge in [0.2, 0.25) is 0 Å². The van der Waals surface area contributed by atoms with E-state index < -0.39 is 12.0 Å². The fourth-order valence-electron chi connectivity index (χ4n) is 3.46. The van der Waals surface area contributed by atoms with Crippen molar-refractivity contribution in [3.05, 3.63) is 83.3 Å². The number of benzene rings is 1. The molecule has 0 unspecified atom stereocenters. The van der Waals surface area contributed by atoms with Gasteiger partial charge in [0.1, 0.15) is 11.5 Å². The van der Waals surface area contributed by atoms with Gasteiger partial charge >= 0.3 is 5.97 Å². The summed E-state index contributed by atoms with van der Waals surface area (Å²) in [6.07, 6.45) is 3.22. The van der Waals surface area contributed by atoms with E-state index in [1.807, 2.05) is 12.1 Å². The Hall–Kier alpha value is -2.91. The minimum Gasteiger partial charge on any atom is -0.496 e. The van der Waals surface area contributed by atoms with E-state index in [0.29, 0.717) is 36.6 Å². The van der Waals surface area contributed by atoms with Crippen molar-refractivity contribution in [3.63, 3.8) is 0 Å². The lowest BCUT2D eigenvalue weighted by Crippen LogP contribution is -2.39. The van der Waals surface area contributed by atoms with Crippen molar-refractivity contribution >= 4 is 39.3 Å². The number of carbonyl (C=O) groups is 1. The Labute approximate surface area is 190 Å². The summed E-state index contributed by atoms with van der Waals surface area (Å²) in [4.78, 5) is 31.3. The fraction of sp³-hybridized carbons (Fsp3) is 0.227. The number of rotatable bonds is 5. The van der Waals surface area contributed by atoms with Crippen LogP contribution >= 0.6 is 27.3 Å². The molecule has 2 aromatic heterocycles. The molecule has 7 nitrogen and oxygen atoms in total. The van der Waals surface area contributed by atoms with Crippen LogP contribution in [0.25, 0.3) is 6.08 Å². The molecular weight excluding hydrogens is 484 g/mol. The van der Waals surface area contributed by atoms with E-state index in [1.165, 1.54) is 15.9 Å². The molecule has 0 saturated carbocycles. The first-order valence-electron chi connectivity index (χ1n) is 9.51. The van der Waals surface area contributed by atoms with Gasteiger partial charge in [0.05, 0.1) is 46.3 Å². The van der Waals surface area contributed by atoms with Gasteiger partial charge < -0.3 is 13.9 Å². The first kappa shape index (κ1) is 21.3. The largest absolute Gasteiger partial charge is 0.496 e. The molecule has 1 aromatic carbocycles. The predicted octanol–water partition coefficient (Wildman–Crippen LogP) is 3.16. The van der Waals surface area contributed by atoms with Crippen molar-refractivity contribution in [2.24, 2.45) is 4.99 Å². The molecule has 0 amide bonds.